The smallest absolute Gasteiger partial charge is 0.195 e. The fourth-order valence-electron chi connectivity index (χ4n) is 0.960. The molecular weight excluding hydrogens is 212 g/mol. The number of hydrogen-bond acceptors (Lipinski definition) is 6. The van der Waals surface area contributed by atoms with Crippen LogP contribution in [0.5, 0.6) is 0 Å². The molecule has 2 rings (SSSR count). The topological polar surface area (TPSA) is 77.3 Å². The van der Waals surface area contributed by atoms with Crippen LogP contribution in [0, 0.1) is 0 Å². The van der Waals surface area contributed by atoms with Gasteiger partial charge in [-0.25, -0.2) is 9.97 Å². The lowest BCUT2D eigenvalue weighted by Gasteiger charge is -1.93. The standard InChI is InChI=1S/C9H8N4OS/c10-13-6-7-2-3-8(14-7)15-9-11-4-1-5-12-9/h1-6H,10H2/b13-6+. The van der Waals surface area contributed by atoms with Gasteiger partial charge in [-0.1, -0.05) is 0 Å². The van der Waals surface area contributed by atoms with E-state index in [2.05, 4.69) is 15.1 Å². The van der Waals surface area contributed by atoms with Crippen molar-refractivity contribution in [2.75, 3.05) is 0 Å². The molecule has 5 nitrogen and oxygen atoms in total. The molecule has 15 heavy (non-hydrogen) atoms. The van der Waals surface area contributed by atoms with Gasteiger partial charge in [-0.3, -0.25) is 0 Å². The fraction of sp³-hybridized carbons (Fsp3) is 0. The Morgan fingerprint density at radius 1 is 1.33 bits per heavy atom. The van der Waals surface area contributed by atoms with Crippen molar-refractivity contribution in [1.29, 1.82) is 0 Å². The molecule has 0 aliphatic rings. The van der Waals surface area contributed by atoms with E-state index in [1.165, 1.54) is 18.0 Å². The second-order valence-corrected chi connectivity index (χ2v) is 3.54. The maximum atomic E-state index is 5.38. The highest BCUT2D eigenvalue weighted by molar-refractivity contribution is 7.99. The highest BCUT2D eigenvalue weighted by atomic mass is 32.2. The Kier molecular flexibility index (Phi) is 2.99. The first kappa shape index (κ1) is 9.72. The molecule has 0 saturated heterocycles. The number of aromatic nitrogens is 2. The lowest BCUT2D eigenvalue weighted by molar-refractivity contribution is 0.468. The zero-order chi connectivity index (χ0) is 10.5. The lowest BCUT2D eigenvalue weighted by atomic mass is 10.5. The third kappa shape index (κ3) is 2.57. The SMILES string of the molecule is N/N=C/c1ccc(Sc2ncccn2)o1. The number of hydrogen-bond donors (Lipinski definition) is 1. The van der Waals surface area contributed by atoms with Crippen LogP contribution in [0.25, 0.3) is 0 Å². The van der Waals surface area contributed by atoms with Crippen molar-refractivity contribution in [3.05, 3.63) is 36.4 Å². The summed E-state index contributed by atoms with van der Waals surface area (Å²) in [6.45, 7) is 0. The van der Waals surface area contributed by atoms with E-state index in [0.717, 1.165) is 0 Å². The van der Waals surface area contributed by atoms with Crippen LogP contribution >= 0.6 is 11.8 Å². The first-order valence-electron chi connectivity index (χ1n) is 4.16. The average Bonchev–Trinajstić information content (AvgIpc) is 2.68. The van der Waals surface area contributed by atoms with Crippen LogP contribution in [0.15, 0.2) is 50.4 Å². The van der Waals surface area contributed by atoms with Crippen LogP contribution < -0.4 is 5.84 Å². The van der Waals surface area contributed by atoms with Gasteiger partial charge in [-0.2, -0.15) is 5.10 Å². The summed E-state index contributed by atoms with van der Waals surface area (Å²) in [5.74, 6) is 5.61. The molecular formula is C9H8N4OS. The molecule has 0 unspecified atom stereocenters. The van der Waals surface area contributed by atoms with Gasteiger partial charge >= 0.3 is 0 Å². The van der Waals surface area contributed by atoms with Crippen molar-refractivity contribution in [3.63, 3.8) is 0 Å². The van der Waals surface area contributed by atoms with E-state index in [4.69, 9.17) is 10.3 Å². The minimum absolute atomic E-state index is 0.607. The van der Waals surface area contributed by atoms with E-state index in [1.807, 2.05) is 6.07 Å². The monoisotopic (exact) mass is 220 g/mol. The van der Waals surface area contributed by atoms with Crippen molar-refractivity contribution in [3.8, 4) is 0 Å². The summed E-state index contributed by atoms with van der Waals surface area (Å²) in [6.07, 6.45) is 4.80. The van der Waals surface area contributed by atoms with Gasteiger partial charge in [0.05, 0.1) is 6.21 Å². The summed E-state index contributed by atoms with van der Waals surface area (Å²) in [5, 5.41) is 4.71. The van der Waals surface area contributed by atoms with E-state index >= 15 is 0 Å². The van der Waals surface area contributed by atoms with Gasteiger partial charge in [0.2, 0.25) is 0 Å². The Hall–Kier alpha value is -1.82. The molecule has 2 aromatic heterocycles. The van der Waals surface area contributed by atoms with Gasteiger partial charge in [0.15, 0.2) is 10.2 Å². The predicted molar refractivity (Wildman–Crippen MR) is 56.6 cm³/mol. The third-order valence-corrected chi connectivity index (χ3v) is 2.35. The molecule has 0 spiro atoms. The molecule has 0 saturated carbocycles. The number of furan rings is 1. The predicted octanol–water partition coefficient (Wildman–Crippen LogP) is 1.51. The van der Waals surface area contributed by atoms with Gasteiger partial charge in [-0.15, -0.1) is 0 Å². The van der Waals surface area contributed by atoms with Crippen molar-refractivity contribution >= 4 is 18.0 Å². The van der Waals surface area contributed by atoms with Gasteiger partial charge in [0, 0.05) is 12.4 Å². The molecule has 0 bridgehead atoms. The summed E-state index contributed by atoms with van der Waals surface area (Å²) < 4.78 is 5.38. The normalized spacial score (nSPS) is 10.9. The Morgan fingerprint density at radius 3 is 2.87 bits per heavy atom. The van der Waals surface area contributed by atoms with Crippen LogP contribution in [-0.2, 0) is 0 Å². The van der Waals surface area contributed by atoms with Crippen LogP contribution in [0.2, 0.25) is 0 Å². The molecule has 0 atom stereocenters. The molecule has 0 aromatic carbocycles. The first-order valence-corrected chi connectivity index (χ1v) is 4.98. The quantitative estimate of drug-likeness (QED) is 0.367. The molecule has 6 heteroatoms. The Balaban J connectivity index is 2.11. The molecule has 2 heterocycles. The van der Waals surface area contributed by atoms with Gasteiger partial charge in [0.25, 0.3) is 0 Å². The average molecular weight is 220 g/mol. The minimum Gasteiger partial charge on any atom is -0.448 e. The zero-order valence-corrected chi connectivity index (χ0v) is 8.52. The molecule has 0 aliphatic carbocycles. The van der Waals surface area contributed by atoms with Crippen molar-refractivity contribution in [2.24, 2.45) is 10.9 Å². The first-order chi connectivity index (χ1) is 7.38. The van der Waals surface area contributed by atoms with E-state index < -0.39 is 0 Å². The summed E-state index contributed by atoms with van der Waals surface area (Å²) in [4.78, 5) is 8.13. The number of hydrazone groups is 1. The van der Waals surface area contributed by atoms with E-state index in [9.17, 15) is 0 Å². The molecule has 0 aliphatic heterocycles. The Labute approximate surface area is 90.4 Å². The summed E-state index contributed by atoms with van der Waals surface area (Å²) in [5.41, 5.74) is 0. The van der Waals surface area contributed by atoms with Crippen LogP contribution in [0.4, 0.5) is 0 Å². The second-order valence-electron chi connectivity index (χ2n) is 2.57. The zero-order valence-electron chi connectivity index (χ0n) is 7.70. The third-order valence-electron chi connectivity index (χ3n) is 1.54. The molecule has 0 amide bonds. The molecule has 0 radical (unpaired) electrons. The van der Waals surface area contributed by atoms with Crippen molar-refractivity contribution in [1.82, 2.24) is 9.97 Å². The Bertz CT molecular complexity index is 454. The highest BCUT2D eigenvalue weighted by Gasteiger charge is 2.03. The highest BCUT2D eigenvalue weighted by Crippen LogP contribution is 2.25. The molecule has 0 fully saturated rings. The summed E-state index contributed by atoms with van der Waals surface area (Å²) >= 11 is 1.34. The van der Waals surface area contributed by atoms with E-state index in [0.29, 0.717) is 16.0 Å². The van der Waals surface area contributed by atoms with Gasteiger partial charge in [0.1, 0.15) is 5.76 Å². The van der Waals surface area contributed by atoms with Crippen LogP contribution in [0.1, 0.15) is 5.76 Å². The maximum Gasteiger partial charge on any atom is 0.195 e. The lowest BCUT2D eigenvalue weighted by Crippen LogP contribution is -1.82. The van der Waals surface area contributed by atoms with Crippen LogP contribution in [0.3, 0.4) is 0 Å². The van der Waals surface area contributed by atoms with Crippen molar-refractivity contribution < 1.29 is 4.42 Å². The largest absolute Gasteiger partial charge is 0.448 e. The van der Waals surface area contributed by atoms with Gasteiger partial charge in [-0.05, 0) is 30.0 Å². The molecule has 2 aromatic rings. The fourth-order valence-corrected chi connectivity index (χ4v) is 1.64. The van der Waals surface area contributed by atoms with Gasteiger partial charge < -0.3 is 10.3 Å². The summed E-state index contributed by atoms with van der Waals surface area (Å²) in [7, 11) is 0. The Morgan fingerprint density at radius 2 is 2.13 bits per heavy atom. The molecule has 2 N–H and O–H groups in total. The van der Waals surface area contributed by atoms with Crippen molar-refractivity contribution in [2.45, 2.75) is 10.2 Å². The minimum atomic E-state index is 0.607. The van der Waals surface area contributed by atoms with E-state index in [-0.39, 0.29) is 0 Å². The number of rotatable bonds is 3. The van der Waals surface area contributed by atoms with E-state index in [1.54, 1.807) is 24.5 Å². The summed E-state index contributed by atoms with van der Waals surface area (Å²) in [6, 6.07) is 5.36. The van der Waals surface area contributed by atoms with Crippen LogP contribution in [-0.4, -0.2) is 16.2 Å². The number of nitrogens with zero attached hydrogens (tertiary/aromatic N) is 3. The second kappa shape index (κ2) is 4.61. The maximum absolute atomic E-state index is 5.38. The number of nitrogens with two attached hydrogens (primary N) is 1. The molecule has 76 valence electrons.